The van der Waals surface area contributed by atoms with Gasteiger partial charge in [0.25, 0.3) is 0 Å². The Morgan fingerprint density at radius 3 is 2.68 bits per heavy atom. The third-order valence-corrected chi connectivity index (χ3v) is 3.29. The molecule has 1 aromatic rings. The van der Waals surface area contributed by atoms with Gasteiger partial charge in [-0.05, 0) is 38.3 Å². The van der Waals surface area contributed by atoms with Crippen LogP contribution in [0.15, 0.2) is 29.3 Å². The number of rotatable bonds is 9. The Morgan fingerprint density at radius 1 is 1.23 bits per heavy atom. The number of halogens is 2. The highest BCUT2D eigenvalue weighted by Gasteiger charge is 1.99. The Bertz CT molecular complexity index is 430. The maximum Gasteiger partial charge on any atom is 0.191 e. The lowest BCUT2D eigenvalue weighted by Gasteiger charge is -2.11. The van der Waals surface area contributed by atoms with Crippen LogP contribution < -0.4 is 10.6 Å². The van der Waals surface area contributed by atoms with Crippen LogP contribution in [-0.4, -0.2) is 38.8 Å². The normalized spacial score (nSPS) is 11.0. The van der Waals surface area contributed by atoms with E-state index in [9.17, 15) is 0 Å². The van der Waals surface area contributed by atoms with Crippen molar-refractivity contribution >= 4 is 41.5 Å². The summed E-state index contributed by atoms with van der Waals surface area (Å²) in [4.78, 5) is 4.55. The van der Waals surface area contributed by atoms with E-state index in [1.54, 1.807) is 0 Å². The van der Waals surface area contributed by atoms with Gasteiger partial charge in [-0.15, -0.1) is 24.0 Å². The summed E-state index contributed by atoms with van der Waals surface area (Å²) in [5.74, 6) is 0.844. The summed E-state index contributed by atoms with van der Waals surface area (Å²) in [7, 11) is 0. The summed E-state index contributed by atoms with van der Waals surface area (Å²) in [6.07, 6.45) is 1.92. The predicted molar refractivity (Wildman–Crippen MR) is 106 cm³/mol. The number of hydrogen-bond acceptors (Lipinski definition) is 2. The van der Waals surface area contributed by atoms with Crippen molar-refractivity contribution < 1.29 is 4.74 Å². The molecule has 0 saturated carbocycles. The average Bonchev–Trinajstić information content (AvgIpc) is 2.49. The first-order chi connectivity index (χ1) is 10.3. The SMILES string of the molecule is CCNC(=NCCCc1ccccc1Cl)NCCOCC.I. The second kappa shape index (κ2) is 14.1. The number of ether oxygens (including phenoxy) is 1. The lowest BCUT2D eigenvalue weighted by Crippen LogP contribution is -2.39. The number of guanidine groups is 1. The molecule has 0 aliphatic heterocycles. The lowest BCUT2D eigenvalue weighted by atomic mass is 10.1. The van der Waals surface area contributed by atoms with Crippen LogP contribution in [0.5, 0.6) is 0 Å². The van der Waals surface area contributed by atoms with Crippen LogP contribution in [0.4, 0.5) is 0 Å². The molecular formula is C16H27ClIN3O. The van der Waals surface area contributed by atoms with E-state index in [1.807, 2.05) is 25.1 Å². The van der Waals surface area contributed by atoms with Crippen molar-refractivity contribution in [2.24, 2.45) is 4.99 Å². The van der Waals surface area contributed by atoms with Crippen molar-refractivity contribution in [3.63, 3.8) is 0 Å². The van der Waals surface area contributed by atoms with Gasteiger partial charge in [-0.1, -0.05) is 29.8 Å². The summed E-state index contributed by atoms with van der Waals surface area (Å²) >= 11 is 6.14. The third kappa shape index (κ3) is 9.48. The van der Waals surface area contributed by atoms with Gasteiger partial charge in [0.15, 0.2) is 5.96 Å². The molecule has 4 nitrogen and oxygen atoms in total. The first-order valence-electron chi connectivity index (χ1n) is 7.61. The summed E-state index contributed by atoms with van der Waals surface area (Å²) in [5, 5.41) is 7.32. The van der Waals surface area contributed by atoms with E-state index in [1.165, 1.54) is 5.56 Å². The van der Waals surface area contributed by atoms with Crippen LogP contribution in [0.3, 0.4) is 0 Å². The summed E-state index contributed by atoms with van der Waals surface area (Å²) in [6, 6.07) is 7.97. The first kappa shape index (κ1) is 21.5. The number of nitrogens with one attached hydrogen (secondary N) is 2. The quantitative estimate of drug-likeness (QED) is 0.268. The third-order valence-electron chi connectivity index (χ3n) is 2.92. The molecule has 1 aromatic carbocycles. The minimum atomic E-state index is 0. The molecule has 0 fully saturated rings. The fraction of sp³-hybridized carbons (Fsp3) is 0.562. The first-order valence-corrected chi connectivity index (χ1v) is 7.99. The molecule has 0 aromatic heterocycles. The highest BCUT2D eigenvalue weighted by atomic mass is 127. The molecule has 2 N–H and O–H groups in total. The Balaban J connectivity index is 0.00000441. The molecule has 1 rings (SSSR count). The monoisotopic (exact) mass is 439 g/mol. The maximum absolute atomic E-state index is 6.14. The highest BCUT2D eigenvalue weighted by Crippen LogP contribution is 2.16. The smallest absolute Gasteiger partial charge is 0.191 e. The van der Waals surface area contributed by atoms with E-state index >= 15 is 0 Å². The van der Waals surface area contributed by atoms with Crippen molar-refractivity contribution in [3.8, 4) is 0 Å². The minimum Gasteiger partial charge on any atom is -0.380 e. The Morgan fingerprint density at radius 2 is 2.00 bits per heavy atom. The second-order valence-corrected chi connectivity index (χ2v) is 4.99. The lowest BCUT2D eigenvalue weighted by molar-refractivity contribution is 0.152. The number of aryl methyl sites for hydroxylation is 1. The van der Waals surface area contributed by atoms with Crippen molar-refractivity contribution in [2.75, 3.05) is 32.8 Å². The Labute approximate surface area is 156 Å². The van der Waals surface area contributed by atoms with Crippen molar-refractivity contribution in [1.82, 2.24) is 10.6 Å². The van der Waals surface area contributed by atoms with E-state index in [2.05, 4.69) is 28.6 Å². The molecule has 0 saturated heterocycles. The van der Waals surface area contributed by atoms with E-state index in [0.29, 0.717) is 6.61 Å². The van der Waals surface area contributed by atoms with Gasteiger partial charge in [-0.2, -0.15) is 0 Å². The predicted octanol–water partition coefficient (Wildman–Crippen LogP) is 3.48. The van der Waals surface area contributed by atoms with E-state index in [0.717, 1.165) is 50.1 Å². The molecule has 0 spiro atoms. The van der Waals surface area contributed by atoms with Gasteiger partial charge in [0.2, 0.25) is 0 Å². The van der Waals surface area contributed by atoms with Gasteiger partial charge in [0.05, 0.1) is 6.61 Å². The van der Waals surface area contributed by atoms with Crippen LogP contribution >= 0.6 is 35.6 Å². The molecular weight excluding hydrogens is 413 g/mol. The molecule has 0 aliphatic carbocycles. The molecule has 0 unspecified atom stereocenters. The van der Waals surface area contributed by atoms with E-state index in [-0.39, 0.29) is 24.0 Å². The molecule has 0 bridgehead atoms. The zero-order valence-electron chi connectivity index (χ0n) is 13.4. The van der Waals surface area contributed by atoms with Gasteiger partial charge in [-0.25, -0.2) is 0 Å². The molecule has 126 valence electrons. The summed E-state index contributed by atoms with van der Waals surface area (Å²) in [6.45, 7) is 7.88. The van der Waals surface area contributed by atoms with Gasteiger partial charge in [0, 0.05) is 31.3 Å². The Kier molecular flexibility index (Phi) is 13.7. The van der Waals surface area contributed by atoms with Gasteiger partial charge < -0.3 is 15.4 Å². The van der Waals surface area contributed by atoms with E-state index in [4.69, 9.17) is 16.3 Å². The number of nitrogens with zero attached hydrogens (tertiary/aromatic N) is 1. The van der Waals surface area contributed by atoms with E-state index < -0.39 is 0 Å². The van der Waals surface area contributed by atoms with Crippen LogP contribution in [0.2, 0.25) is 5.02 Å². The van der Waals surface area contributed by atoms with Gasteiger partial charge >= 0.3 is 0 Å². The Hall–Kier alpha value is -0.530. The standard InChI is InChI=1S/C16H26ClN3O.HI/c1-3-18-16(20-12-13-21-4-2)19-11-7-9-14-8-5-6-10-15(14)17;/h5-6,8,10H,3-4,7,9,11-13H2,1-2H3,(H2,18,19,20);1H. The number of aliphatic imine (C=N–C) groups is 1. The molecule has 22 heavy (non-hydrogen) atoms. The van der Waals surface area contributed by atoms with Crippen LogP contribution in [0, 0.1) is 0 Å². The van der Waals surface area contributed by atoms with Gasteiger partial charge in [0.1, 0.15) is 0 Å². The second-order valence-electron chi connectivity index (χ2n) is 4.58. The van der Waals surface area contributed by atoms with Crippen LogP contribution in [0.1, 0.15) is 25.8 Å². The highest BCUT2D eigenvalue weighted by molar-refractivity contribution is 14.0. The number of hydrogen-bond donors (Lipinski definition) is 2. The minimum absolute atomic E-state index is 0. The molecule has 0 aliphatic rings. The summed E-state index contributed by atoms with van der Waals surface area (Å²) < 4.78 is 5.30. The van der Waals surface area contributed by atoms with Crippen molar-refractivity contribution in [2.45, 2.75) is 26.7 Å². The maximum atomic E-state index is 6.14. The van der Waals surface area contributed by atoms with Gasteiger partial charge in [-0.3, -0.25) is 4.99 Å². The molecule has 0 radical (unpaired) electrons. The van der Waals surface area contributed by atoms with Crippen molar-refractivity contribution in [3.05, 3.63) is 34.9 Å². The number of benzene rings is 1. The molecule has 0 heterocycles. The fourth-order valence-corrected chi connectivity index (χ4v) is 2.12. The largest absolute Gasteiger partial charge is 0.380 e. The molecule has 0 atom stereocenters. The average molecular weight is 440 g/mol. The topological polar surface area (TPSA) is 45.7 Å². The van der Waals surface area contributed by atoms with Crippen molar-refractivity contribution in [1.29, 1.82) is 0 Å². The molecule has 0 amide bonds. The van der Waals surface area contributed by atoms with Crippen LogP contribution in [0.25, 0.3) is 0 Å². The zero-order valence-corrected chi connectivity index (χ0v) is 16.5. The zero-order chi connectivity index (χ0) is 15.3. The summed E-state index contributed by atoms with van der Waals surface area (Å²) in [5.41, 5.74) is 1.18. The fourth-order valence-electron chi connectivity index (χ4n) is 1.89. The molecule has 6 heteroatoms. The van der Waals surface area contributed by atoms with Crippen LogP contribution in [-0.2, 0) is 11.2 Å².